The lowest BCUT2D eigenvalue weighted by molar-refractivity contribution is 0.102. The van der Waals surface area contributed by atoms with Crippen LogP contribution < -0.4 is 16.4 Å². The minimum absolute atomic E-state index is 0.250. The van der Waals surface area contributed by atoms with Crippen LogP contribution in [0.3, 0.4) is 0 Å². The number of hydrogen-bond acceptors (Lipinski definition) is 5. The monoisotopic (exact) mass is 358 g/mol. The quantitative estimate of drug-likeness (QED) is 0.509. The first kappa shape index (κ1) is 16.6. The van der Waals surface area contributed by atoms with Gasteiger partial charge in [0, 0.05) is 30.1 Å². The van der Waals surface area contributed by atoms with E-state index < -0.39 is 0 Å². The molecular weight excluding hydrogens is 340 g/mol. The average molecular weight is 358 g/mol. The van der Waals surface area contributed by atoms with E-state index in [2.05, 4.69) is 20.6 Å². The molecule has 0 aliphatic heterocycles. The highest BCUT2D eigenvalue weighted by Crippen LogP contribution is 2.17. The normalized spacial score (nSPS) is 10.7. The van der Waals surface area contributed by atoms with Crippen molar-refractivity contribution in [3.05, 3.63) is 84.6 Å². The third-order valence-electron chi connectivity index (χ3n) is 4.16. The molecule has 3 heterocycles. The first-order chi connectivity index (χ1) is 13.2. The summed E-state index contributed by atoms with van der Waals surface area (Å²) in [6.45, 7) is 0.563. The van der Waals surface area contributed by atoms with Crippen LogP contribution in [0.1, 0.15) is 16.1 Å². The number of aromatic nitrogens is 3. The summed E-state index contributed by atoms with van der Waals surface area (Å²) in [4.78, 5) is 20.7. The number of hydrogen-bond donors (Lipinski definition) is 3. The summed E-state index contributed by atoms with van der Waals surface area (Å²) in [5, 5.41) is 6.13. The predicted molar refractivity (Wildman–Crippen MR) is 106 cm³/mol. The van der Waals surface area contributed by atoms with E-state index in [1.165, 1.54) is 0 Å². The van der Waals surface area contributed by atoms with Crippen LogP contribution in [0.4, 0.5) is 17.2 Å². The van der Waals surface area contributed by atoms with Crippen molar-refractivity contribution in [2.24, 2.45) is 0 Å². The van der Waals surface area contributed by atoms with Gasteiger partial charge in [-0.2, -0.15) is 0 Å². The maximum absolute atomic E-state index is 12.5. The highest BCUT2D eigenvalue weighted by atomic mass is 16.1. The van der Waals surface area contributed by atoms with Crippen molar-refractivity contribution < 1.29 is 4.79 Å². The Morgan fingerprint density at radius 1 is 1.07 bits per heavy atom. The number of pyridine rings is 1. The number of nitrogens with one attached hydrogen (secondary N) is 2. The van der Waals surface area contributed by atoms with E-state index in [9.17, 15) is 4.79 Å². The van der Waals surface area contributed by atoms with E-state index >= 15 is 0 Å². The molecule has 4 rings (SSSR count). The van der Waals surface area contributed by atoms with E-state index in [4.69, 9.17) is 5.73 Å². The second kappa shape index (κ2) is 7.17. The van der Waals surface area contributed by atoms with Gasteiger partial charge < -0.3 is 20.8 Å². The number of carbonyl (C=O) groups excluding carboxylic acids is 1. The molecular formula is C20H18N6O. The average Bonchev–Trinajstić information content (AvgIpc) is 3.15. The highest BCUT2D eigenvalue weighted by Gasteiger charge is 2.09. The van der Waals surface area contributed by atoms with Gasteiger partial charge in [-0.1, -0.05) is 12.1 Å². The van der Waals surface area contributed by atoms with Crippen LogP contribution in [0.15, 0.2) is 73.3 Å². The van der Waals surface area contributed by atoms with Gasteiger partial charge in [0.25, 0.3) is 5.91 Å². The SMILES string of the molecule is Nc1ncccc1NCc1cccc(NC(=O)c2cc3cccn3cn2)c1. The van der Waals surface area contributed by atoms with Crippen LogP contribution in [0.5, 0.6) is 0 Å². The van der Waals surface area contributed by atoms with E-state index in [1.807, 2.05) is 59.1 Å². The van der Waals surface area contributed by atoms with E-state index in [1.54, 1.807) is 18.6 Å². The molecule has 4 N–H and O–H groups in total. The number of benzene rings is 1. The molecule has 7 heteroatoms. The van der Waals surface area contributed by atoms with Crippen LogP contribution in [-0.4, -0.2) is 20.3 Å². The molecule has 134 valence electrons. The smallest absolute Gasteiger partial charge is 0.274 e. The number of fused-ring (bicyclic) bond motifs is 1. The standard InChI is InChI=1S/C20H18N6O/c21-19-17(7-2-8-22-19)23-12-14-4-1-5-15(10-14)25-20(27)18-11-16-6-3-9-26(16)13-24-18/h1-11,13,23H,12H2,(H2,21,22)(H,25,27). The summed E-state index contributed by atoms with van der Waals surface area (Å²) in [5.74, 6) is 0.203. The molecule has 4 aromatic rings. The summed E-state index contributed by atoms with van der Waals surface area (Å²) in [6.07, 6.45) is 5.16. The number of anilines is 3. The minimum atomic E-state index is -0.250. The summed E-state index contributed by atoms with van der Waals surface area (Å²) in [6, 6.07) is 16.9. The molecule has 3 aromatic heterocycles. The van der Waals surface area contributed by atoms with Gasteiger partial charge in [-0.25, -0.2) is 9.97 Å². The van der Waals surface area contributed by atoms with Crippen LogP contribution in [0.2, 0.25) is 0 Å². The molecule has 0 atom stereocenters. The first-order valence-electron chi connectivity index (χ1n) is 8.46. The Balaban J connectivity index is 1.45. The molecule has 0 aliphatic carbocycles. The van der Waals surface area contributed by atoms with Gasteiger partial charge in [-0.05, 0) is 48.0 Å². The second-order valence-electron chi connectivity index (χ2n) is 6.06. The Hall–Kier alpha value is -3.87. The van der Waals surface area contributed by atoms with Crippen molar-refractivity contribution in [1.29, 1.82) is 0 Å². The number of nitrogens with two attached hydrogens (primary N) is 1. The molecule has 1 amide bonds. The molecule has 7 nitrogen and oxygen atoms in total. The lowest BCUT2D eigenvalue weighted by Crippen LogP contribution is -2.14. The summed E-state index contributed by atoms with van der Waals surface area (Å²) in [7, 11) is 0. The molecule has 0 radical (unpaired) electrons. The van der Waals surface area contributed by atoms with Gasteiger partial charge in [0.15, 0.2) is 0 Å². The van der Waals surface area contributed by atoms with E-state index in [0.29, 0.717) is 23.7 Å². The highest BCUT2D eigenvalue weighted by molar-refractivity contribution is 6.03. The van der Waals surface area contributed by atoms with Crippen molar-refractivity contribution in [3.8, 4) is 0 Å². The third kappa shape index (κ3) is 3.72. The zero-order chi connectivity index (χ0) is 18.6. The number of amides is 1. The molecule has 0 saturated heterocycles. The van der Waals surface area contributed by atoms with Gasteiger partial charge in [0.1, 0.15) is 11.5 Å². The Kier molecular flexibility index (Phi) is 4.40. The Morgan fingerprint density at radius 3 is 2.89 bits per heavy atom. The topological polar surface area (TPSA) is 97.3 Å². The largest absolute Gasteiger partial charge is 0.382 e. The van der Waals surface area contributed by atoms with Gasteiger partial charge in [-0.3, -0.25) is 4.79 Å². The predicted octanol–water partition coefficient (Wildman–Crippen LogP) is 3.18. The lowest BCUT2D eigenvalue weighted by Gasteiger charge is -2.10. The molecule has 0 unspecified atom stereocenters. The molecule has 0 aliphatic rings. The summed E-state index contributed by atoms with van der Waals surface area (Å²) in [5.41, 5.74) is 9.61. The molecule has 0 saturated carbocycles. The van der Waals surface area contributed by atoms with Crippen LogP contribution >= 0.6 is 0 Å². The molecule has 0 fully saturated rings. The van der Waals surface area contributed by atoms with Gasteiger partial charge >= 0.3 is 0 Å². The zero-order valence-corrected chi connectivity index (χ0v) is 14.5. The van der Waals surface area contributed by atoms with Gasteiger partial charge in [0.05, 0.1) is 12.0 Å². The zero-order valence-electron chi connectivity index (χ0n) is 14.5. The minimum Gasteiger partial charge on any atom is -0.382 e. The number of rotatable bonds is 5. The van der Waals surface area contributed by atoms with Crippen molar-refractivity contribution in [1.82, 2.24) is 14.4 Å². The maximum Gasteiger partial charge on any atom is 0.274 e. The van der Waals surface area contributed by atoms with Gasteiger partial charge in [0.2, 0.25) is 0 Å². The van der Waals surface area contributed by atoms with Crippen LogP contribution in [0, 0.1) is 0 Å². The van der Waals surface area contributed by atoms with Crippen molar-refractivity contribution in [2.45, 2.75) is 6.54 Å². The Morgan fingerprint density at radius 2 is 2.00 bits per heavy atom. The molecule has 1 aromatic carbocycles. The van der Waals surface area contributed by atoms with Crippen molar-refractivity contribution in [3.63, 3.8) is 0 Å². The number of nitrogen functional groups attached to an aromatic ring is 1. The molecule has 27 heavy (non-hydrogen) atoms. The summed E-state index contributed by atoms with van der Waals surface area (Å²) >= 11 is 0. The van der Waals surface area contributed by atoms with Crippen LogP contribution in [-0.2, 0) is 6.54 Å². The second-order valence-corrected chi connectivity index (χ2v) is 6.06. The Bertz CT molecular complexity index is 1100. The number of nitrogens with zero attached hydrogens (tertiary/aromatic N) is 3. The fourth-order valence-corrected chi connectivity index (χ4v) is 2.78. The fraction of sp³-hybridized carbons (Fsp3) is 0.0500. The fourth-order valence-electron chi connectivity index (χ4n) is 2.78. The van der Waals surface area contributed by atoms with Crippen LogP contribution in [0.25, 0.3) is 5.52 Å². The van der Waals surface area contributed by atoms with E-state index in [0.717, 1.165) is 16.8 Å². The van der Waals surface area contributed by atoms with E-state index in [-0.39, 0.29) is 5.91 Å². The summed E-state index contributed by atoms with van der Waals surface area (Å²) < 4.78 is 1.85. The first-order valence-corrected chi connectivity index (χ1v) is 8.46. The molecule has 0 spiro atoms. The maximum atomic E-state index is 12.5. The van der Waals surface area contributed by atoms with Gasteiger partial charge in [-0.15, -0.1) is 0 Å². The lowest BCUT2D eigenvalue weighted by atomic mass is 10.2. The van der Waals surface area contributed by atoms with Crippen molar-refractivity contribution >= 4 is 28.6 Å². The Labute approximate surface area is 155 Å². The third-order valence-corrected chi connectivity index (χ3v) is 4.16. The molecule has 0 bridgehead atoms. The number of carbonyl (C=O) groups is 1. The van der Waals surface area contributed by atoms with Crippen molar-refractivity contribution in [2.75, 3.05) is 16.4 Å².